The number of rotatable bonds is 3. The fraction of sp³-hybridized carbons (Fsp3) is 0.0500. The molecule has 0 radical (unpaired) electrons. The number of aromatic nitrogens is 1. The summed E-state index contributed by atoms with van der Waals surface area (Å²) in [6, 6.07) is 15.3. The van der Waals surface area contributed by atoms with E-state index in [-0.39, 0.29) is 9.10 Å². The van der Waals surface area contributed by atoms with Crippen LogP contribution >= 0.6 is 34.5 Å². The Bertz CT molecular complexity index is 1250. The van der Waals surface area contributed by atoms with Crippen LogP contribution in [-0.4, -0.2) is 13.4 Å². The van der Waals surface area contributed by atoms with Crippen molar-refractivity contribution in [3.8, 4) is 11.1 Å². The zero-order valence-electron chi connectivity index (χ0n) is 14.1. The Morgan fingerprint density at radius 2 is 1.52 bits per heavy atom. The summed E-state index contributed by atoms with van der Waals surface area (Å²) in [6.07, 6.45) is 1.74. The summed E-state index contributed by atoms with van der Waals surface area (Å²) >= 11 is 13.1. The number of hydrogen-bond donors (Lipinski definition) is 0. The van der Waals surface area contributed by atoms with E-state index in [2.05, 4.69) is 4.98 Å². The minimum absolute atomic E-state index is 0.199. The van der Waals surface area contributed by atoms with E-state index in [0.29, 0.717) is 20.4 Å². The van der Waals surface area contributed by atoms with Gasteiger partial charge in [-0.05, 0) is 60.5 Å². The Kier molecular flexibility index (Phi) is 4.72. The molecule has 0 amide bonds. The van der Waals surface area contributed by atoms with E-state index >= 15 is 0 Å². The molecule has 2 heterocycles. The molecule has 136 valence electrons. The summed E-state index contributed by atoms with van der Waals surface area (Å²) in [5.74, 6) is 0. The number of halogens is 2. The summed E-state index contributed by atoms with van der Waals surface area (Å²) < 4.78 is 27.0. The Hall–Kier alpha value is -1.92. The van der Waals surface area contributed by atoms with Crippen molar-refractivity contribution < 1.29 is 8.42 Å². The average molecular weight is 434 g/mol. The molecular weight excluding hydrogens is 421 g/mol. The van der Waals surface area contributed by atoms with Gasteiger partial charge in [-0.25, -0.2) is 13.4 Å². The molecule has 0 bridgehead atoms. The molecule has 0 aliphatic carbocycles. The molecule has 2 aromatic carbocycles. The van der Waals surface area contributed by atoms with Crippen molar-refractivity contribution in [2.45, 2.75) is 16.0 Å². The Balaban J connectivity index is 2.04. The highest BCUT2D eigenvalue weighted by Gasteiger charge is 2.27. The van der Waals surface area contributed by atoms with Crippen LogP contribution in [0, 0.1) is 6.92 Å². The zero-order valence-corrected chi connectivity index (χ0v) is 17.3. The predicted octanol–water partition coefficient (Wildman–Crippen LogP) is 6.41. The van der Waals surface area contributed by atoms with Gasteiger partial charge in [-0.2, -0.15) is 0 Å². The Morgan fingerprint density at radius 3 is 2.15 bits per heavy atom. The van der Waals surface area contributed by atoms with Crippen molar-refractivity contribution in [3.05, 3.63) is 76.4 Å². The Morgan fingerprint density at radius 1 is 0.926 bits per heavy atom. The molecule has 0 aliphatic heterocycles. The lowest BCUT2D eigenvalue weighted by Crippen LogP contribution is -2.01. The molecule has 0 N–H and O–H groups in total. The minimum Gasteiger partial charge on any atom is -0.245 e. The van der Waals surface area contributed by atoms with Crippen LogP contribution in [-0.2, 0) is 9.84 Å². The normalized spacial score (nSPS) is 11.8. The maximum absolute atomic E-state index is 13.4. The first-order chi connectivity index (χ1) is 12.9. The Labute approximate surface area is 171 Å². The number of thiophene rings is 1. The van der Waals surface area contributed by atoms with Gasteiger partial charge >= 0.3 is 0 Å². The third-order valence-corrected chi connectivity index (χ3v) is 8.06. The number of benzene rings is 2. The van der Waals surface area contributed by atoms with E-state index in [9.17, 15) is 8.42 Å². The van der Waals surface area contributed by atoms with E-state index in [0.717, 1.165) is 16.5 Å². The molecule has 4 rings (SSSR count). The van der Waals surface area contributed by atoms with Gasteiger partial charge in [0.15, 0.2) is 0 Å². The molecule has 0 spiro atoms. The summed E-state index contributed by atoms with van der Waals surface area (Å²) in [6.45, 7) is 1.93. The van der Waals surface area contributed by atoms with E-state index in [4.69, 9.17) is 23.2 Å². The maximum atomic E-state index is 13.4. The van der Waals surface area contributed by atoms with Crippen molar-refractivity contribution in [1.82, 2.24) is 4.98 Å². The third kappa shape index (κ3) is 3.36. The van der Waals surface area contributed by atoms with Gasteiger partial charge in [-0.15, -0.1) is 11.3 Å². The van der Waals surface area contributed by atoms with Crippen LogP contribution in [0.2, 0.25) is 10.0 Å². The average Bonchev–Trinajstić information content (AvgIpc) is 3.02. The summed E-state index contributed by atoms with van der Waals surface area (Å²) in [7, 11) is -3.73. The molecule has 0 saturated carbocycles. The summed E-state index contributed by atoms with van der Waals surface area (Å²) in [5.41, 5.74) is 2.40. The highest BCUT2D eigenvalue weighted by molar-refractivity contribution is 7.93. The molecule has 2 aromatic heterocycles. The molecule has 3 nitrogen and oxygen atoms in total. The molecule has 0 unspecified atom stereocenters. The van der Waals surface area contributed by atoms with Gasteiger partial charge in [-0.1, -0.05) is 35.3 Å². The van der Waals surface area contributed by atoms with Crippen LogP contribution < -0.4 is 0 Å². The topological polar surface area (TPSA) is 47.0 Å². The first-order valence-corrected chi connectivity index (χ1v) is 11.1. The second-order valence-corrected chi connectivity index (χ2v) is 10.1. The largest absolute Gasteiger partial charge is 0.245 e. The number of nitrogens with zero attached hydrogens (tertiary/aromatic N) is 1. The van der Waals surface area contributed by atoms with Crippen molar-refractivity contribution >= 4 is 54.6 Å². The molecule has 0 atom stereocenters. The molecular formula is C20H13Cl2NO2S2. The van der Waals surface area contributed by atoms with Crippen molar-refractivity contribution in [3.63, 3.8) is 0 Å². The van der Waals surface area contributed by atoms with Gasteiger partial charge in [0.25, 0.3) is 0 Å². The van der Waals surface area contributed by atoms with Crippen LogP contribution in [0.3, 0.4) is 0 Å². The van der Waals surface area contributed by atoms with Crippen LogP contribution in [0.25, 0.3) is 21.3 Å². The second-order valence-electron chi connectivity index (χ2n) is 6.09. The van der Waals surface area contributed by atoms with Crippen molar-refractivity contribution in [1.29, 1.82) is 0 Å². The predicted molar refractivity (Wildman–Crippen MR) is 112 cm³/mol. The van der Waals surface area contributed by atoms with Gasteiger partial charge in [0.2, 0.25) is 9.84 Å². The van der Waals surface area contributed by atoms with Crippen molar-refractivity contribution in [2.24, 2.45) is 0 Å². The molecule has 4 aromatic rings. The summed E-state index contributed by atoms with van der Waals surface area (Å²) in [4.78, 5) is 5.31. The van der Waals surface area contributed by atoms with Crippen molar-refractivity contribution in [2.75, 3.05) is 0 Å². The molecule has 27 heavy (non-hydrogen) atoms. The maximum Gasteiger partial charge on any atom is 0.216 e. The van der Waals surface area contributed by atoms with Gasteiger partial charge in [0.1, 0.15) is 9.04 Å². The smallest absolute Gasteiger partial charge is 0.216 e. The highest BCUT2D eigenvalue weighted by atomic mass is 35.5. The SMILES string of the molecule is Cc1cnc2sc(S(=O)(=O)c3ccc(Cl)cc3)c(-c3ccc(Cl)cc3)c2c1. The standard InChI is InChI=1S/C20H13Cl2NO2S2/c1-12-10-17-18(13-2-4-14(21)5-3-13)20(26-19(17)23-11-12)27(24,25)16-8-6-15(22)7-9-16/h2-11H,1H3. The fourth-order valence-electron chi connectivity index (χ4n) is 2.87. The monoisotopic (exact) mass is 433 g/mol. The van der Waals surface area contributed by atoms with E-state index < -0.39 is 9.84 Å². The number of sulfone groups is 1. The van der Waals surface area contributed by atoms with Gasteiger partial charge in [0.05, 0.1) is 4.90 Å². The highest BCUT2D eigenvalue weighted by Crippen LogP contribution is 2.43. The van der Waals surface area contributed by atoms with Crippen LogP contribution in [0.1, 0.15) is 5.56 Å². The summed E-state index contributed by atoms with van der Waals surface area (Å²) in [5, 5.41) is 1.89. The lowest BCUT2D eigenvalue weighted by Gasteiger charge is -2.07. The number of hydrogen-bond acceptors (Lipinski definition) is 4. The number of fused-ring (bicyclic) bond motifs is 1. The van der Waals surface area contributed by atoms with Gasteiger partial charge in [0, 0.05) is 27.2 Å². The molecule has 0 aliphatic rings. The molecule has 0 fully saturated rings. The molecule has 7 heteroatoms. The first-order valence-electron chi connectivity index (χ1n) is 8.02. The minimum atomic E-state index is -3.73. The lowest BCUT2D eigenvalue weighted by atomic mass is 10.1. The lowest BCUT2D eigenvalue weighted by molar-refractivity contribution is 0.598. The van der Waals surface area contributed by atoms with Crippen LogP contribution in [0.5, 0.6) is 0 Å². The molecule has 0 saturated heterocycles. The third-order valence-electron chi connectivity index (χ3n) is 4.15. The fourth-order valence-corrected chi connectivity index (χ4v) is 6.17. The van der Waals surface area contributed by atoms with E-state index in [1.165, 1.54) is 23.5 Å². The number of aryl methyl sites for hydroxylation is 1. The van der Waals surface area contributed by atoms with E-state index in [1.807, 2.05) is 25.1 Å². The van der Waals surface area contributed by atoms with E-state index in [1.54, 1.807) is 30.5 Å². The van der Waals surface area contributed by atoms with Crippen LogP contribution in [0.4, 0.5) is 0 Å². The number of pyridine rings is 1. The quantitative estimate of drug-likeness (QED) is 0.374. The van der Waals surface area contributed by atoms with Crippen LogP contribution in [0.15, 0.2) is 69.9 Å². The van der Waals surface area contributed by atoms with Gasteiger partial charge in [-0.3, -0.25) is 0 Å². The first kappa shape index (κ1) is 18.4. The zero-order chi connectivity index (χ0) is 19.2. The second kappa shape index (κ2) is 6.91. The van der Waals surface area contributed by atoms with Gasteiger partial charge < -0.3 is 0 Å².